The molecule has 0 atom stereocenters. The van der Waals surface area contributed by atoms with E-state index in [0.29, 0.717) is 5.82 Å². The molecule has 2 aromatic rings. The smallest absolute Gasteiger partial charge is 0.124 e. The van der Waals surface area contributed by atoms with Gasteiger partial charge in [-0.15, -0.1) is 0 Å². The summed E-state index contributed by atoms with van der Waals surface area (Å²) >= 11 is 0. The Morgan fingerprint density at radius 1 is 1.27 bits per heavy atom. The maximum Gasteiger partial charge on any atom is 0.124 e. The fourth-order valence-electron chi connectivity index (χ4n) is 1.02. The van der Waals surface area contributed by atoms with Crippen LogP contribution in [0.1, 0.15) is 0 Å². The maximum atomic E-state index is 5.50. The van der Waals surface area contributed by atoms with E-state index in [1.807, 2.05) is 24.3 Å². The summed E-state index contributed by atoms with van der Waals surface area (Å²) in [6, 6.07) is 12.3. The van der Waals surface area contributed by atoms with E-state index < -0.39 is 0 Å². The number of benzene rings is 1. The Balaban J connectivity index is 2.83. The molecule has 0 aliphatic heterocycles. The molecular formula is C9H7N2. The Hall–Kier alpha value is -1.57. The van der Waals surface area contributed by atoms with Gasteiger partial charge in [0.2, 0.25) is 0 Å². The molecule has 0 saturated heterocycles. The van der Waals surface area contributed by atoms with E-state index in [-0.39, 0.29) is 0 Å². The monoisotopic (exact) mass is 143 g/mol. The number of aromatic nitrogens is 1. The second kappa shape index (κ2) is 2.23. The first-order valence-corrected chi connectivity index (χ1v) is 3.38. The van der Waals surface area contributed by atoms with Crippen molar-refractivity contribution in [1.29, 1.82) is 0 Å². The van der Waals surface area contributed by atoms with Crippen molar-refractivity contribution in [2.24, 2.45) is 0 Å². The molecular weight excluding hydrogens is 136 g/mol. The number of nitrogens with zero attached hydrogens (tertiary/aromatic N) is 1. The molecule has 11 heavy (non-hydrogen) atoms. The summed E-state index contributed by atoms with van der Waals surface area (Å²) in [6.07, 6.45) is 0. The Bertz CT molecular complexity index is 382. The van der Waals surface area contributed by atoms with Crippen LogP contribution in [0.4, 0.5) is 5.82 Å². The molecule has 1 aromatic heterocycles. The summed E-state index contributed by atoms with van der Waals surface area (Å²) in [5, 5.41) is 1.10. The first-order chi connectivity index (χ1) is 5.36. The second-order valence-corrected chi connectivity index (χ2v) is 2.35. The summed E-state index contributed by atoms with van der Waals surface area (Å²) in [5.41, 5.74) is 6.39. The van der Waals surface area contributed by atoms with Crippen molar-refractivity contribution in [3.8, 4) is 0 Å². The van der Waals surface area contributed by atoms with Gasteiger partial charge >= 0.3 is 0 Å². The average molecular weight is 143 g/mol. The minimum Gasteiger partial charge on any atom is -0.384 e. The third-order valence-electron chi connectivity index (χ3n) is 1.56. The number of pyridine rings is 1. The van der Waals surface area contributed by atoms with Crippen molar-refractivity contribution >= 4 is 16.7 Å². The third-order valence-corrected chi connectivity index (χ3v) is 1.56. The van der Waals surface area contributed by atoms with Crippen molar-refractivity contribution < 1.29 is 0 Å². The zero-order valence-corrected chi connectivity index (χ0v) is 5.91. The van der Waals surface area contributed by atoms with Gasteiger partial charge in [-0.1, -0.05) is 12.1 Å². The predicted molar refractivity (Wildman–Crippen MR) is 45.0 cm³/mol. The number of anilines is 1. The van der Waals surface area contributed by atoms with Crippen LogP contribution >= 0.6 is 0 Å². The van der Waals surface area contributed by atoms with E-state index in [4.69, 9.17) is 5.73 Å². The van der Waals surface area contributed by atoms with E-state index >= 15 is 0 Å². The van der Waals surface area contributed by atoms with Gasteiger partial charge < -0.3 is 5.73 Å². The standard InChI is InChI=1S/C9H7N2/c10-9-6-5-7-3-1-2-4-8(7)11-9/h1,3-6H,(H2,10,11). The quantitative estimate of drug-likeness (QED) is 0.608. The highest BCUT2D eigenvalue weighted by atomic mass is 14.8. The fourth-order valence-corrected chi connectivity index (χ4v) is 1.02. The molecule has 0 spiro atoms. The van der Waals surface area contributed by atoms with Crippen molar-refractivity contribution in [2.45, 2.75) is 0 Å². The lowest BCUT2D eigenvalue weighted by Crippen LogP contribution is -1.88. The summed E-state index contributed by atoms with van der Waals surface area (Å²) in [7, 11) is 0. The Morgan fingerprint density at radius 2 is 2.18 bits per heavy atom. The normalized spacial score (nSPS) is 10.2. The van der Waals surface area contributed by atoms with Gasteiger partial charge in [-0.05, 0) is 24.3 Å². The van der Waals surface area contributed by atoms with Crippen LogP contribution in [-0.2, 0) is 0 Å². The molecule has 0 fully saturated rings. The number of nitrogen functional groups attached to an aromatic ring is 1. The molecule has 0 unspecified atom stereocenters. The lowest BCUT2D eigenvalue weighted by Gasteiger charge is -1.95. The fraction of sp³-hybridized carbons (Fsp3) is 0. The first-order valence-electron chi connectivity index (χ1n) is 3.38. The second-order valence-electron chi connectivity index (χ2n) is 2.35. The molecule has 2 heteroatoms. The topological polar surface area (TPSA) is 38.9 Å². The molecule has 2 nitrogen and oxygen atoms in total. The van der Waals surface area contributed by atoms with Crippen LogP contribution in [0.25, 0.3) is 10.9 Å². The van der Waals surface area contributed by atoms with Crippen LogP contribution in [0.15, 0.2) is 30.3 Å². The highest BCUT2D eigenvalue weighted by Gasteiger charge is 1.91. The number of fused-ring (bicyclic) bond motifs is 1. The Kier molecular flexibility index (Phi) is 1.25. The zero-order valence-electron chi connectivity index (χ0n) is 5.91. The third kappa shape index (κ3) is 1.03. The number of hydrogen-bond donors (Lipinski definition) is 1. The molecule has 53 valence electrons. The zero-order chi connectivity index (χ0) is 7.68. The van der Waals surface area contributed by atoms with Gasteiger partial charge in [0.05, 0.1) is 5.52 Å². The SMILES string of the molecule is Nc1ccc2cc[c]cc2n1. The van der Waals surface area contributed by atoms with Crippen LogP contribution in [0.3, 0.4) is 0 Å². The number of hydrogen-bond acceptors (Lipinski definition) is 2. The van der Waals surface area contributed by atoms with Gasteiger partial charge in [0, 0.05) is 5.39 Å². The van der Waals surface area contributed by atoms with Crippen LogP contribution in [0, 0.1) is 6.07 Å². The molecule has 2 N–H and O–H groups in total. The minimum absolute atomic E-state index is 0.553. The van der Waals surface area contributed by atoms with Crippen molar-refractivity contribution in [2.75, 3.05) is 5.73 Å². The van der Waals surface area contributed by atoms with Gasteiger partial charge in [-0.2, -0.15) is 0 Å². The molecule has 1 radical (unpaired) electrons. The van der Waals surface area contributed by atoms with Gasteiger partial charge in [0.25, 0.3) is 0 Å². The summed E-state index contributed by atoms with van der Waals surface area (Å²) in [4.78, 5) is 4.12. The molecule has 0 bridgehead atoms. The van der Waals surface area contributed by atoms with E-state index in [2.05, 4.69) is 11.1 Å². The molecule has 0 saturated carbocycles. The van der Waals surface area contributed by atoms with Crippen LogP contribution in [0.5, 0.6) is 0 Å². The van der Waals surface area contributed by atoms with E-state index in [9.17, 15) is 0 Å². The molecule has 2 rings (SSSR count). The highest BCUT2D eigenvalue weighted by Crippen LogP contribution is 2.11. The summed E-state index contributed by atoms with van der Waals surface area (Å²) in [5.74, 6) is 0.553. The number of rotatable bonds is 0. The molecule has 0 amide bonds. The maximum absolute atomic E-state index is 5.50. The number of nitrogens with two attached hydrogens (primary N) is 1. The average Bonchev–Trinajstić information content (AvgIpc) is 2.04. The lowest BCUT2D eigenvalue weighted by molar-refractivity contribution is 1.41. The highest BCUT2D eigenvalue weighted by molar-refractivity contribution is 5.79. The minimum atomic E-state index is 0.553. The predicted octanol–water partition coefficient (Wildman–Crippen LogP) is 1.62. The molecule has 1 aromatic carbocycles. The first kappa shape index (κ1) is 6.16. The molecule has 0 aliphatic carbocycles. The van der Waals surface area contributed by atoms with E-state index in [1.54, 1.807) is 6.07 Å². The molecule has 1 heterocycles. The van der Waals surface area contributed by atoms with E-state index in [1.165, 1.54) is 0 Å². The summed E-state index contributed by atoms with van der Waals surface area (Å²) in [6.45, 7) is 0. The van der Waals surface area contributed by atoms with E-state index in [0.717, 1.165) is 10.9 Å². The van der Waals surface area contributed by atoms with Gasteiger partial charge in [-0.25, -0.2) is 4.98 Å². The summed E-state index contributed by atoms with van der Waals surface area (Å²) < 4.78 is 0. The van der Waals surface area contributed by atoms with Crippen LogP contribution < -0.4 is 5.73 Å². The lowest BCUT2D eigenvalue weighted by atomic mass is 10.2. The van der Waals surface area contributed by atoms with Crippen molar-refractivity contribution in [3.05, 3.63) is 36.4 Å². The largest absolute Gasteiger partial charge is 0.384 e. The van der Waals surface area contributed by atoms with Crippen LogP contribution in [-0.4, -0.2) is 4.98 Å². The van der Waals surface area contributed by atoms with Crippen molar-refractivity contribution in [1.82, 2.24) is 4.98 Å². The van der Waals surface area contributed by atoms with Crippen LogP contribution in [0.2, 0.25) is 0 Å². The molecule has 0 aliphatic rings. The Morgan fingerprint density at radius 3 is 3.09 bits per heavy atom. The van der Waals surface area contributed by atoms with Gasteiger partial charge in [0.1, 0.15) is 5.82 Å². The Labute approximate surface area is 64.7 Å². The van der Waals surface area contributed by atoms with Crippen molar-refractivity contribution in [3.63, 3.8) is 0 Å². The van der Waals surface area contributed by atoms with Gasteiger partial charge in [-0.3, -0.25) is 0 Å². The van der Waals surface area contributed by atoms with Gasteiger partial charge in [0.15, 0.2) is 0 Å².